The Bertz CT molecular complexity index is 433. The van der Waals surface area contributed by atoms with Crippen molar-refractivity contribution in [3.8, 4) is 0 Å². The summed E-state index contributed by atoms with van der Waals surface area (Å²) in [6.07, 6.45) is 5.05. The molecule has 0 heterocycles. The molecule has 0 spiro atoms. The summed E-state index contributed by atoms with van der Waals surface area (Å²) in [6.45, 7) is 6.59. The highest BCUT2D eigenvalue weighted by atomic mass is 19.1. The minimum atomic E-state index is -0.0995. The second kappa shape index (κ2) is 7.19. The summed E-state index contributed by atoms with van der Waals surface area (Å²) >= 11 is 0. The van der Waals surface area contributed by atoms with Crippen LogP contribution in [-0.2, 0) is 6.54 Å². The zero-order valence-corrected chi connectivity index (χ0v) is 12.7. The van der Waals surface area contributed by atoms with E-state index in [0.29, 0.717) is 17.5 Å². The van der Waals surface area contributed by atoms with Crippen molar-refractivity contribution in [2.24, 2.45) is 11.7 Å². The Morgan fingerprint density at radius 2 is 2.05 bits per heavy atom. The monoisotopic (exact) mass is 278 g/mol. The number of halogens is 1. The van der Waals surface area contributed by atoms with Crippen LogP contribution < -0.4 is 5.73 Å². The van der Waals surface area contributed by atoms with Gasteiger partial charge in [0.25, 0.3) is 0 Å². The molecule has 2 rings (SSSR count). The highest BCUT2D eigenvalue weighted by molar-refractivity contribution is 5.23. The minimum Gasteiger partial charge on any atom is -0.330 e. The van der Waals surface area contributed by atoms with Crippen molar-refractivity contribution in [2.45, 2.75) is 52.1 Å². The molecule has 1 aliphatic carbocycles. The van der Waals surface area contributed by atoms with Crippen LogP contribution in [-0.4, -0.2) is 24.0 Å². The minimum absolute atomic E-state index is 0.0995. The van der Waals surface area contributed by atoms with Crippen molar-refractivity contribution < 1.29 is 4.39 Å². The van der Waals surface area contributed by atoms with Gasteiger partial charge in [-0.05, 0) is 56.0 Å². The molecule has 1 saturated carbocycles. The van der Waals surface area contributed by atoms with E-state index in [1.54, 1.807) is 6.07 Å². The topological polar surface area (TPSA) is 29.3 Å². The molecule has 2 unspecified atom stereocenters. The van der Waals surface area contributed by atoms with Crippen LogP contribution in [0, 0.1) is 18.7 Å². The van der Waals surface area contributed by atoms with Crippen LogP contribution in [0.25, 0.3) is 0 Å². The van der Waals surface area contributed by atoms with E-state index in [1.165, 1.54) is 25.7 Å². The quantitative estimate of drug-likeness (QED) is 0.893. The summed E-state index contributed by atoms with van der Waals surface area (Å²) in [5.41, 5.74) is 7.72. The molecule has 2 atom stereocenters. The smallest absolute Gasteiger partial charge is 0.126 e. The van der Waals surface area contributed by atoms with E-state index in [-0.39, 0.29) is 5.82 Å². The highest BCUT2D eigenvalue weighted by Gasteiger charge is 2.28. The average Bonchev–Trinajstić information content (AvgIpc) is 2.48. The first-order chi connectivity index (χ1) is 9.65. The van der Waals surface area contributed by atoms with E-state index in [2.05, 4.69) is 11.8 Å². The van der Waals surface area contributed by atoms with Gasteiger partial charge in [-0.15, -0.1) is 0 Å². The van der Waals surface area contributed by atoms with Gasteiger partial charge in [-0.2, -0.15) is 0 Å². The summed E-state index contributed by atoms with van der Waals surface area (Å²) in [7, 11) is 0. The molecule has 3 heteroatoms. The van der Waals surface area contributed by atoms with E-state index in [4.69, 9.17) is 5.73 Å². The summed E-state index contributed by atoms with van der Waals surface area (Å²) in [4.78, 5) is 2.47. The third-order valence-corrected chi connectivity index (χ3v) is 4.67. The van der Waals surface area contributed by atoms with Gasteiger partial charge in [-0.3, -0.25) is 4.90 Å². The molecule has 1 aromatic rings. The van der Waals surface area contributed by atoms with Gasteiger partial charge in [0.15, 0.2) is 0 Å². The Hall–Kier alpha value is -0.930. The van der Waals surface area contributed by atoms with Gasteiger partial charge in [0.05, 0.1) is 0 Å². The summed E-state index contributed by atoms with van der Waals surface area (Å²) in [5.74, 6) is 0.497. The molecule has 2 N–H and O–H groups in total. The molecule has 0 aliphatic heterocycles. The van der Waals surface area contributed by atoms with Crippen LogP contribution in [0.2, 0.25) is 0 Å². The van der Waals surface area contributed by atoms with Crippen molar-refractivity contribution in [1.82, 2.24) is 4.90 Å². The fourth-order valence-electron chi connectivity index (χ4n) is 3.38. The molecule has 0 bridgehead atoms. The first kappa shape index (κ1) is 15.5. The number of aryl methyl sites for hydroxylation is 1. The molecule has 0 amide bonds. The standard InChI is InChI=1S/C17H27FN2/c1-3-20(17-7-5-4-6-15(17)11-19)12-14-9-8-13(2)16(18)10-14/h8-10,15,17H,3-7,11-12,19H2,1-2H3. The van der Waals surface area contributed by atoms with E-state index >= 15 is 0 Å². The molecule has 1 aliphatic rings. The van der Waals surface area contributed by atoms with Gasteiger partial charge in [0, 0.05) is 12.6 Å². The van der Waals surface area contributed by atoms with Crippen LogP contribution in [0.4, 0.5) is 4.39 Å². The second-order valence-electron chi connectivity index (χ2n) is 5.99. The van der Waals surface area contributed by atoms with Crippen molar-refractivity contribution in [3.63, 3.8) is 0 Å². The molecule has 1 aromatic carbocycles. The predicted octanol–water partition coefficient (Wildman–Crippen LogP) is 3.47. The maximum atomic E-state index is 13.7. The molecule has 0 radical (unpaired) electrons. The Morgan fingerprint density at radius 1 is 1.30 bits per heavy atom. The lowest BCUT2D eigenvalue weighted by Gasteiger charge is -2.39. The number of hydrogen-bond donors (Lipinski definition) is 1. The van der Waals surface area contributed by atoms with Gasteiger partial charge in [-0.25, -0.2) is 4.39 Å². The molecule has 20 heavy (non-hydrogen) atoms. The Balaban J connectivity index is 2.09. The Labute approximate surface area is 122 Å². The number of hydrogen-bond acceptors (Lipinski definition) is 2. The molecule has 2 nitrogen and oxygen atoms in total. The van der Waals surface area contributed by atoms with Crippen LogP contribution in [0.1, 0.15) is 43.7 Å². The SMILES string of the molecule is CCN(Cc1ccc(C)c(F)c1)C1CCCCC1CN. The molecular weight excluding hydrogens is 251 g/mol. The summed E-state index contributed by atoms with van der Waals surface area (Å²) in [6, 6.07) is 6.16. The maximum absolute atomic E-state index is 13.7. The van der Waals surface area contributed by atoms with Crippen molar-refractivity contribution in [1.29, 1.82) is 0 Å². The fraction of sp³-hybridized carbons (Fsp3) is 0.647. The van der Waals surface area contributed by atoms with Gasteiger partial charge in [-0.1, -0.05) is 31.9 Å². The summed E-state index contributed by atoms with van der Waals surface area (Å²) in [5, 5.41) is 0. The van der Waals surface area contributed by atoms with Gasteiger partial charge in [0.2, 0.25) is 0 Å². The van der Waals surface area contributed by atoms with Crippen LogP contribution in [0.3, 0.4) is 0 Å². The van der Waals surface area contributed by atoms with E-state index < -0.39 is 0 Å². The van der Waals surface area contributed by atoms with Gasteiger partial charge < -0.3 is 5.73 Å². The first-order valence-corrected chi connectivity index (χ1v) is 7.84. The fourth-order valence-corrected chi connectivity index (χ4v) is 3.38. The van der Waals surface area contributed by atoms with E-state index in [0.717, 1.165) is 25.2 Å². The van der Waals surface area contributed by atoms with Crippen molar-refractivity contribution >= 4 is 0 Å². The number of benzene rings is 1. The average molecular weight is 278 g/mol. The third-order valence-electron chi connectivity index (χ3n) is 4.67. The van der Waals surface area contributed by atoms with Crippen molar-refractivity contribution in [2.75, 3.05) is 13.1 Å². The van der Waals surface area contributed by atoms with Crippen LogP contribution >= 0.6 is 0 Å². The third kappa shape index (κ3) is 3.58. The molecule has 112 valence electrons. The molecule has 1 fully saturated rings. The number of nitrogens with zero attached hydrogens (tertiary/aromatic N) is 1. The lowest BCUT2D eigenvalue weighted by atomic mass is 9.83. The van der Waals surface area contributed by atoms with Crippen LogP contribution in [0.5, 0.6) is 0 Å². The van der Waals surface area contributed by atoms with E-state index in [9.17, 15) is 4.39 Å². The number of nitrogens with two attached hydrogens (primary N) is 1. The zero-order valence-electron chi connectivity index (χ0n) is 12.7. The van der Waals surface area contributed by atoms with Crippen molar-refractivity contribution in [3.05, 3.63) is 35.1 Å². The zero-order chi connectivity index (χ0) is 14.5. The predicted molar refractivity (Wildman–Crippen MR) is 82.0 cm³/mol. The lowest BCUT2D eigenvalue weighted by Crippen LogP contribution is -2.44. The van der Waals surface area contributed by atoms with Gasteiger partial charge in [0.1, 0.15) is 5.82 Å². The molecule has 0 aromatic heterocycles. The Kier molecular flexibility index (Phi) is 5.55. The highest BCUT2D eigenvalue weighted by Crippen LogP contribution is 2.29. The second-order valence-corrected chi connectivity index (χ2v) is 5.99. The van der Waals surface area contributed by atoms with Gasteiger partial charge >= 0.3 is 0 Å². The number of rotatable bonds is 5. The maximum Gasteiger partial charge on any atom is 0.126 e. The largest absolute Gasteiger partial charge is 0.330 e. The van der Waals surface area contributed by atoms with E-state index in [1.807, 2.05) is 19.1 Å². The summed E-state index contributed by atoms with van der Waals surface area (Å²) < 4.78 is 13.7. The van der Waals surface area contributed by atoms with Crippen LogP contribution in [0.15, 0.2) is 18.2 Å². The first-order valence-electron chi connectivity index (χ1n) is 7.84. The lowest BCUT2D eigenvalue weighted by molar-refractivity contribution is 0.105. The molecule has 0 saturated heterocycles. The normalized spacial score (nSPS) is 23.2. The Morgan fingerprint density at radius 3 is 2.70 bits per heavy atom. The molecular formula is C17H27FN2.